The van der Waals surface area contributed by atoms with Crippen molar-refractivity contribution in [3.05, 3.63) is 63.5 Å². The Hall–Kier alpha value is -2.29. The van der Waals surface area contributed by atoms with Gasteiger partial charge in [-0.15, -0.1) is 11.3 Å². The Bertz CT molecular complexity index is 1110. The molecule has 0 amide bonds. The van der Waals surface area contributed by atoms with E-state index >= 15 is 0 Å². The van der Waals surface area contributed by atoms with Gasteiger partial charge in [0.25, 0.3) is 0 Å². The van der Waals surface area contributed by atoms with Crippen molar-refractivity contribution in [1.82, 2.24) is 9.13 Å². The van der Waals surface area contributed by atoms with E-state index in [1.165, 1.54) is 4.88 Å². The van der Waals surface area contributed by atoms with Crippen LogP contribution in [0.3, 0.4) is 0 Å². The molecule has 1 aliphatic heterocycles. The molecule has 6 nitrogen and oxygen atoms in total. The molecule has 0 N–H and O–H groups in total. The van der Waals surface area contributed by atoms with Gasteiger partial charge in [0.2, 0.25) is 5.78 Å². The molecule has 0 saturated carbocycles. The summed E-state index contributed by atoms with van der Waals surface area (Å²) in [5.41, 5.74) is 4.22. The molecule has 170 valence electrons. The van der Waals surface area contributed by atoms with Crippen molar-refractivity contribution in [1.29, 1.82) is 0 Å². The average Bonchev–Trinajstić information content (AvgIpc) is 3.51. The number of fused-ring (bicyclic) bond motifs is 1. The Morgan fingerprint density at radius 2 is 1.97 bits per heavy atom. The number of ketones is 1. The van der Waals surface area contributed by atoms with Crippen LogP contribution < -0.4 is 0 Å². The number of thiophene rings is 1. The smallest absolute Gasteiger partial charge is 0.341 e. The van der Waals surface area contributed by atoms with Crippen LogP contribution in [0.25, 0.3) is 5.00 Å². The number of carbonyl (C=O) groups is 2. The fraction of sp³-hybridized carbons (Fsp3) is 0.417. The minimum atomic E-state index is -0.416. The van der Waals surface area contributed by atoms with E-state index in [0.29, 0.717) is 17.7 Å². The van der Waals surface area contributed by atoms with E-state index in [1.807, 2.05) is 60.8 Å². The molecule has 0 bridgehead atoms. The van der Waals surface area contributed by atoms with Gasteiger partial charge < -0.3 is 18.6 Å². The number of nitrogens with zero attached hydrogens (tertiary/aromatic N) is 2. The second kappa shape index (κ2) is 10.1. The Labute approximate surface area is 196 Å². The van der Waals surface area contributed by atoms with Crippen LogP contribution in [0.4, 0.5) is 0 Å². The quantitative estimate of drug-likeness (QED) is 0.254. The first kappa shape index (κ1) is 22.9. The first-order valence-corrected chi connectivity index (χ1v) is 12.7. The van der Waals surface area contributed by atoms with Gasteiger partial charge in [0.05, 0.1) is 5.56 Å². The molecule has 32 heavy (non-hydrogen) atoms. The predicted octanol–water partition coefficient (Wildman–Crippen LogP) is 4.82. The van der Waals surface area contributed by atoms with Crippen LogP contribution in [0.1, 0.15) is 49.0 Å². The highest BCUT2D eigenvalue weighted by molar-refractivity contribution is 7.98. The van der Waals surface area contributed by atoms with Crippen LogP contribution in [-0.2, 0) is 28.2 Å². The zero-order valence-corrected chi connectivity index (χ0v) is 20.3. The molecule has 0 radical (unpaired) electrons. The van der Waals surface area contributed by atoms with Crippen molar-refractivity contribution in [2.45, 2.75) is 39.0 Å². The average molecular weight is 473 g/mol. The molecule has 1 aliphatic rings. The van der Waals surface area contributed by atoms with Gasteiger partial charge in [0, 0.05) is 60.2 Å². The number of hydrogen-bond acceptors (Lipinski definition) is 6. The molecular weight excluding hydrogens is 444 g/mol. The largest absolute Gasteiger partial charge is 0.454 e. The topological polar surface area (TPSA) is 62.5 Å². The highest BCUT2D eigenvalue weighted by Crippen LogP contribution is 2.38. The highest BCUT2D eigenvalue weighted by Gasteiger charge is 2.28. The molecular formula is C24H28N2O4S2. The van der Waals surface area contributed by atoms with Crippen molar-refractivity contribution < 1.29 is 19.1 Å². The Morgan fingerprint density at radius 3 is 2.72 bits per heavy atom. The van der Waals surface area contributed by atoms with Crippen LogP contribution in [-0.4, -0.2) is 47.0 Å². The molecule has 0 unspecified atom stereocenters. The maximum absolute atomic E-state index is 13.2. The number of esters is 1. The van der Waals surface area contributed by atoms with Crippen molar-refractivity contribution in [2.24, 2.45) is 0 Å². The fourth-order valence-electron chi connectivity index (χ4n) is 4.16. The highest BCUT2D eigenvalue weighted by atomic mass is 32.2. The first-order chi connectivity index (χ1) is 15.5. The van der Waals surface area contributed by atoms with E-state index in [1.54, 1.807) is 18.4 Å². The summed E-state index contributed by atoms with van der Waals surface area (Å²) in [6, 6.07) is 5.76. The van der Waals surface area contributed by atoms with Crippen LogP contribution in [0, 0.1) is 13.8 Å². The second-order valence-electron chi connectivity index (χ2n) is 7.86. The molecule has 8 heteroatoms. The third-order valence-corrected chi connectivity index (χ3v) is 8.20. The lowest BCUT2D eigenvalue weighted by Gasteiger charge is -2.13. The summed E-state index contributed by atoms with van der Waals surface area (Å²) < 4.78 is 14.8. The Morgan fingerprint density at radius 1 is 1.19 bits per heavy atom. The Kier molecular flexibility index (Phi) is 7.23. The number of Topliss-reactive ketones (excluding diaryl/α,β-unsaturated/α-hetero) is 1. The van der Waals surface area contributed by atoms with E-state index < -0.39 is 5.97 Å². The van der Waals surface area contributed by atoms with Crippen molar-refractivity contribution in [2.75, 3.05) is 26.1 Å². The molecule has 3 aromatic rings. The lowest BCUT2D eigenvalue weighted by molar-refractivity contribution is 0.0474. The summed E-state index contributed by atoms with van der Waals surface area (Å²) in [5.74, 6) is 1.31. The number of ether oxygens (including phenoxy) is 2. The standard InChI is InChI=1S/C24H28N2O4S2/c1-16-13-19(17(2)26(16)10-6-11-29-3)20(27)14-30-24(28)22-18-7-12-31-15-21(18)32-23(22)25-8-4-5-9-25/h4-5,8-9,13H,6-7,10-12,14-15H2,1-3H3. The molecule has 0 saturated heterocycles. The zero-order chi connectivity index (χ0) is 22.7. The van der Waals surface area contributed by atoms with E-state index in [0.717, 1.165) is 52.8 Å². The van der Waals surface area contributed by atoms with Crippen molar-refractivity contribution in [3.8, 4) is 5.00 Å². The number of rotatable bonds is 9. The second-order valence-corrected chi connectivity index (χ2v) is 10.0. The SMILES string of the molecule is COCCCn1c(C)cc(C(=O)COC(=O)c2c(-n3cccc3)sc3c2CCSC3)c1C. The molecule has 0 spiro atoms. The first-order valence-electron chi connectivity index (χ1n) is 10.7. The summed E-state index contributed by atoms with van der Waals surface area (Å²) in [7, 11) is 1.68. The maximum atomic E-state index is 13.2. The van der Waals surface area contributed by atoms with Gasteiger partial charge in [-0.05, 0) is 56.2 Å². The minimum Gasteiger partial charge on any atom is -0.454 e. The number of aromatic nitrogens is 2. The molecule has 0 aliphatic carbocycles. The molecule has 4 heterocycles. The monoisotopic (exact) mass is 472 g/mol. The van der Waals surface area contributed by atoms with Gasteiger partial charge in [-0.1, -0.05) is 0 Å². The van der Waals surface area contributed by atoms with Gasteiger partial charge >= 0.3 is 5.97 Å². The van der Waals surface area contributed by atoms with Crippen LogP contribution >= 0.6 is 23.1 Å². The third-order valence-electron chi connectivity index (χ3n) is 5.78. The van der Waals surface area contributed by atoms with E-state index in [-0.39, 0.29) is 12.4 Å². The van der Waals surface area contributed by atoms with E-state index in [2.05, 4.69) is 4.57 Å². The number of hydrogen-bond donors (Lipinski definition) is 0. The van der Waals surface area contributed by atoms with Gasteiger partial charge in [-0.2, -0.15) is 11.8 Å². The number of carbonyl (C=O) groups excluding carboxylic acids is 2. The molecule has 4 rings (SSSR count). The van der Waals surface area contributed by atoms with Gasteiger partial charge in [0.1, 0.15) is 5.00 Å². The third kappa shape index (κ3) is 4.58. The number of methoxy groups -OCH3 is 1. The van der Waals surface area contributed by atoms with E-state index in [4.69, 9.17) is 9.47 Å². The lowest BCUT2D eigenvalue weighted by atomic mass is 10.1. The number of thioether (sulfide) groups is 1. The van der Waals surface area contributed by atoms with E-state index in [9.17, 15) is 9.59 Å². The Balaban J connectivity index is 1.51. The molecule has 0 fully saturated rings. The normalized spacial score (nSPS) is 13.2. The summed E-state index contributed by atoms with van der Waals surface area (Å²) in [4.78, 5) is 27.3. The summed E-state index contributed by atoms with van der Waals surface area (Å²) in [5, 5.41) is 0.872. The van der Waals surface area contributed by atoms with Gasteiger partial charge in [0.15, 0.2) is 6.61 Å². The fourth-order valence-corrected chi connectivity index (χ4v) is 6.59. The van der Waals surface area contributed by atoms with Gasteiger partial charge in [-0.3, -0.25) is 4.79 Å². The maximum Gasteiger partial charge on any atom is 0.341 e. The molecule has 0 atom stereocenters. The van der Waals surface area contributed by atoms with Crippen molar-refractivity contribution in [3.63, 3.8) is 0 Å². The summed E-state index contributed by atoms with van der Waals surface area (Å²) in [6.07, 6.45) is 5.59. The summed E-state index contributed by atoms with van der Waals surface area (Å²) in [6.45, 7) is 5.13. The van der Waals surface area contributed by atoms with Crippen molar-refractivity contribution >= 4 is 34.9 Å². The van der Waals surface area contributed by atoms with Crippen LogP contribution in [0.5, 0.6) is 0 Å². The van der Waals surface area contributed by atoms with Gasteiger partial charge in [-0.25, -0.2) is 4.79 Å². The molecule has 3 aromatic heterocycles. The van der Waals surface area contributed by atoms with Crippen LogP contribution in [0.15, 0.2) is 30.6 Å². The number of aryl methyl sites for hydroxylation is 1. The summed E-state index contributed by atoms with van der Waals surface area (Å²) >= 11 is 3.52. The van der Waals surface area contributed by atoms with Crippen LogP contribution in [0.2, 0.25) is 0 Å². The minimum absolute atomic E-state index is 0.174. The molecule has 0 aromatic carbocycles. The lowest BCUT2D eigenvalue weighted by Crippen LogP contribution is -2.17. The predicted molar refractivity (Wildman–Crippen MR) is 129 cm³/mol. The zero-order valence-electron chi connectivity index (χ0n) is 18.7.